The largest absolute Gasteiger partial charge is 0.358 e. The summed E-state index contributed by atoms with van der Waals surface area (Å²) in [5.74, 6) is 0.915. The number of thiocarbonyl (C=S) groups is 1. The fourth-order valence-electron chi connectivity index (χ4n) is 3.27. The summed E-state index contributed by atoms with van der Waals surface area (Å²) < 4.78 is 0.992. The summed E-state index contributed by atoms with van der Waals surface area (Å²) in [5.41, 5.74) is 5.29. The highest BCUT2D eigenvalue weighted by Gasteiger charge is 2.19. The first-order valence-electron chi connectivity index (χ1n) is 9.30. The summed E-state index contributed by atoms with van der Waals surface area (Å²) >= 11 is 9.34. The SMILES string of the molecule is CCN(CC)C(=S)SCc1sc(C)c(-c2ccccc2)c1-c1ccccc1. The molecular weight excluding hydrogens is 386 g/mol. The number of rotatable bonds is 6. The van der Waals surface area contributed by atoms with Crippen molar-refractivity contribution in [2.24, 2.45) is 0 Å². The van der Waals surface area contributed by atoms with Crippen molar-refractivity contribution < 1.29 is 0 Å². The van der Waals surface area contributed by atoms with Crippen molar-refractivity contribution in [3.8, 4) is 22.3 Å². The van der Waals surface area contributed by atoms with Crippen LogP contribution in [0, 0.1) is 6.92 Å². The lowest BCUT2D eigenvalue weighted by molar-refractivity contribution is 0.482. The maximum Gasteiger partial charge on any atom is 0.136 e. The Morgan fingerprint density at radius 1 is 0.889 bits per heavy atom. The summed E-state index contributed by atoms with van der Waals surface area (Å²) in [4.78, 5) is 5.02. The van der Waals surface area contributed by atoms with E-state index < -0.39 is 0 Å². The molecular formula is C23H25NS3. The molecule has 3 rings (SSSR count). The summed E-state index contributed by atoms with van der Waals surface area (Å²) in [5, 5.41) is 0. The van der Waals surface area contributed by atoms with Gasteiger partial charge < -0.3 is 4.90 Å². The average molecular weight is 412 g/mol. The second-order valence-corrected chi connectivity index (χ2v) is 9.21. The second-order valence-electron chi connectivity index (χ2n) is 6.29. The predicted octanol–water partition coefficient (Wildman–Crippen LogP) is 7.25. The van der Waals surface area contributed by atoms with E-state index in [9.17, 15) is 0 Å². The Balaban J connectivity index is 2.01. The van der Waals surface area contributed by atoms with E-state index in [1.165, 1.54) is 32.0 Å². The van der Waals surface area contributed by atoms with Crippen LogP contribution in [0.25, 0.3) is 22.3 Å². The zero-order valence-electron chi connectivity index (χ0n) is 16.1. The van der Waals surface area contributed by atoms with Crippen LogP contribution >= 0.6 is 35.3 Å². The third-order valence-corrected chi connectivity index (χ3v) is 7.47. The van der Waals surface area contributed by atoms with Crippen LogP contribution in [-0.2, 0) is 5.75 Å². The molecule has 0 bridgehead atoms. The van der Waals surface area contributed by atoms with Gasteiger partial charge in [-0.05, 0) is 31.9 Å². The maximum atomic E-state index is 5.66. The fourth-order valence-corrected chi connectivity index (χ4v) is 5.97. The number of hydrogen-bond donors (Lipinski definition) is 0. The molecule has 0 atom stereocenters. The molecule has 140 valence electrons. The molecule has 0 saturated carbocycles. The van der Waals surface area contributed by atoms with E-state index in [2.05, 4.69) is 86.3 Å². The lowest BCUT2D eigenvalue weighted by atomic mass is 9.95. The van der Waals surface area contributed by atoms with Gasteiger partial charge in [0.1, 0.15) is 4.32 Å². The van der Waals surface area contributed by atoms with Crippen LogP contribution in [0.2, 0.25) is 0 Å². The topological polar surface area (TPSA) is 3.24 Å². The molecule has 2 aromatic carbocycles. The predicted molar refractivity (Wildman–Crippen MR) is 127 cm³/mol. The lowest BCUT2D eigenvalue weighted by Crippen LogP contribution is -2.26. The minimum absolute atomic E-state index is 0.915. The van der Waals surface area contributed by atoms with Crippen molar-refractivity contribution in [2.45, 2.75) is 26.5 Å². The van der Waals surface area contributed by atoms with Crippen LogP contribution in [-0.4, -0.2) is 22.3 Å². The van der Waals surface area contributed by atoms with Gasteiger partial charge >= 0.3 is 0 Å². The Kier molecular flexibility index (Phi) is 7.11. The molecule has 27 heavy (non-hydrogen) atoms. The molecule has 0 saturated heterocycles. The van der Waals surface area contributed by atoms with Crippen LogP contribution in [0.15, 0.2) is 60.7 Å². The van der Waals surface area contributed by atoms with Crippen LogP contribution < -0.4 is 0 Å². The highest BCUT2D eigenvalue weighted by Crippen LogP contribution is 2.44. The molecule has 1 aromatic heterocycles. The van der Waals surface area contributed by atoms with Gasteiger partial charge in [-0.2, -0.15) is 0 Å². The molecule has 0 N–H and O–H groups in total. The molecule has 0 radical (unpaired) electrons. The third-order valence-electron chi connectivity index (χ3n) is 4.63. The van der Waals surface area contributed by atoms with Gasteiger partial charge in [-0.1, -0.05) is 84.6 Å². The van der Waals surface area contributed by atoms with Crippen molar-refractivity contribution in [2.75, 3.05) is 13.1 Å². The van der Waals surface area contributed by atoms with Crippen molar-refractivity contribution in [1.82, 2.24) is 4.90 Å². The maximum absolute atomic E-state index is 5.66. The molecule has 0 fully saturated rings. The number of thiophene rings is 1. The molecule has 0 spiro atoms. The van der Waals surface area contributed by atoms with E-state index >= 15 is 0 Å². The standard InChI is InChI=1S/C23H25NS3/c1-4-24(5-2)23(25)26-16-20-22(19-14-10-7-11-15-19)21(17(3)27-20)18-12-8-6-9-13-18/h6-15H,4-5,16H2,1-3H3. The van der Waals surface area contributed by atoms with E-state index in [4.69, 9.17) is 12.2 Å². The van der Waals surface area contributed by atoms with Gasteiger partial charge in [-0.25, -0.2) is 0 Å². The second kappa shape index (κ2) is 9.54. The van der Waals surface area contributed by atoms with E-state index in [0.717, 1.165) is 23.2 Å². The smallest absolute Gasteiger partial charge is 0.136 e. The minimum atomic E-state index is 0.915. The normalized spacial score (nSPS) is 10.8. The van der Waals surface area contributed by atoms with Gasteiger partial charge in [-0.3, -0.25) is 0 Å². The molecule has 0 aliphatic heterocycles. The Morgan fingerprint density at radius 3 is 1.93 bits per heavy atom. The average Bonchev–Trinajstić information content (AvgIpc) is 3.04. The number of hydrogen-bond acceptors (Lipinski definition) is 3. The molecule has 0 aliphatic carbocycles. The summed E-state index contributed by atoms with van der Waals surface area (Å²) in [6, 6.07) is 21.5. The molecule has 1 nitrogen and oxygen atoms in total. The Morgan fingerprint density at radius 2 is 1.41 bits per heavy atom. The summed E-state index contributed by atoms with van der Waals surface area (Å²) in [6.07, 6.45) is 0. The lowest BCUT2D eigenvalue weighted by Gasteiger charge is -2.20. The van der Waals surface area contributed by atoms with Crippen LogP contribution in [0.1, 0.15) is 23.6 Å². The number of thioether (sulfide) groups is 1. The first-order valence-corrected chi connectivity index (χ1v) is 11.5. The van der Waals surface area contributed by atoms with Crippen LogP contribution in [0.3, 0.4) is 0 Å². The van der Waals surface area contributed by atoms with Gasteiger partial charge in [-0.15, -0.1) is 11.3 Å². The quantitative estimate of drug-likeness (QED) is 0.393. The van der Waals surface area contributed by atoms with Crippen LogP contribution in [0.4, 0.5) is 0 Å². The van der Waals surface area contributed by atoms with E-state index in [-0.39, 0.29) is 0 Å². The zero-order valence-corrected chi connectivity index (χ0v) is 18.5. The zero-order chi connectivity index (χ0) is 19.2. The summed E-state index contributed by atoms with van der Waals surface area (Å²) in [6.45, 7) is 8.48. The van der Waals surface area contributed by atoms with E-state index in [0.29, 0.717) is 0 Å². The van der Waals surface area contributed by atoms with E-state index in [1.807, 2.05) is 11.3 Å². The first-order chi connectivity index (χ1) is 13.2. The highest BCUT2D eigenvalue weighted by atomic mass is 32.2. The van der Waals surface area contributed by atoms with Crippen molar-refractivity contribution in [3.05, 3.63) is 70.4 Å². The molecule has 4 heteroatoms. The molecule has 1 heterocycles. The minimum Gasteiger partial charge on any atom is -0.358 e. The Bertz CT molecular complexity index is 881. The van der Waals surface area contributed by atoms with Gasteiger partial charge in [0.25, 0.3) is 0 Å². The van der Waals surface area contributed by atoms with Gasteiger partial charge in [0.2, 0.25) is 0 Å². The number of benzene rings is 2. The van der Waals surface area contributed by atoms with Gasteiger partial charge in [0, 0.05) is 39.7 Å². The molecule has 3 aromatic rings. The van der Waals surface area contributed by atoms with Gasteiger partial charge in [0.15, 0.2) is 0 Å². The third kappa shape index (κ3) is 4.63. The monoisotopic (exact) mass is 411 g/mol. The highest BCUT2D eigenvalue weighted by molar-refractivity contribution is 8.22. The van der Waals surface area contributed by atoms with Crippen molar-refractivity contribution in [3.63, 3.8) is 0 Å². The van der Waals surface area contributed by atoms with E-state index in [1.54, 1.807) is 11.8 Å². The van der Waals surface area contributed by atoms with Crippen LogP contribution in [0.5, 0.6) is 0 Å². The summed E-state index contributed by atoms with van der Waals surface area (Å²) in [7, 11) is 0. The van der Waals surface area contributed by atoms with Gasteiger partial charge in [0.05, 0.1) is 0 Å². The Hall–Kier alpha value is -1.62. The molecule has 0 amide bonds. The first kappa shape index (κ1) is 20.1. The van der Waals surface area contributed by atoms with Crippen molar-refractivity contribution in [1.29, 1.82) is 0 Å². The molecule has 0 aliphatic rings. The Labute approximate surface area is 176 Å². The fraction of sp³-hybridized carbons (Fsp3) is 0.261. The number of nitrogens with zero attached hydrogens (tertiary/aromatic N) is 1. The number of aryl methyl sites for hydroxylation is 1. The molecule has 0 unspecified atom stereocenters. The van der Waals surface area contributed by atoms with Crippen molar-refractivity contribution >= 4 is 39.6 Å².